The zero-order valence-corrected chi connectivity index (χ0v) is 19.7. The van der Waals surface area contributed by atoms with Crippen LogP contribution in [0.3, 0.4) is 0 Å². The summed E-state index contributed by atoms with van der Waals surface area (Å²) in [6.45, 7) is 12.6. The topological polar surface area (TPSA) is 103 Å². The van der Waals surface area contributed by atoms with Crippen LogP contribution in [0.15, 0.2) is 43.0 Å². The van der Waals surface area contributed by atoms with Crippen LogP contribution in [0.2, 0.25) is 0 Å². The molecule has 32 heavy (non-hydrogen) atoms. The molecule has 0 spiro atoms. The van der Waals surface area contributed by atoms with Crippen molar-refractivity contribution in [2.45, 2.75) is 65.3 Å². The Morgan fingerprint density at radius 3 is 2.34 bits per heavy atom. The molecule has 8 nitrogen and oxygen atoms in total. The van der Waals surface area contributed by atoms with Crippen LogP contribution >= 0.6 is 0 Å². The smallest absolute Gasteiger partial charge is 0.408 e. The second-order valence-corrected chi connectivity index (χ2v) is 8.49. The zero-order valence-electron chi connectivity index (χ0n) is 19.7. The third kappa shape index (κ3) is 10.4. The molecule has 2 N–H and O–H groups in total. The Labute approximate surface area is 190 Å². The van der Waals surface area contributed by atoms with Crippen molar-refractivity contribution in [3.05, 3.63) is 48.6 Å². The van der Waals surface area contributed by atoms with E-state index in [2.05, 4.69) is 17.2 Å². The molecule has 0 saturated carbocycles. The van der Waals surface area contributed by atoms with E-state index < -0.39 is 35.7 Å². The third-order valence-corrected chi connectivity index (χ3v) is 4.51. The second kappa shape index (κ2) is 13.5. The van der Waals surface area contributed by atoms with Gasteiger partial charge >= 0.3 is 12.1 Å². The van der Waals surface area contributed by atoms with E-state index in [1.54, 1.807) is 20.8 Å². The van der Waals surface area contributed by atoms with E-state index in [-0.39, 0.29) is 25.7 Å². The van der Waals surface area contributed by atoms with Crippen LogP contribution in [0.1, 0.15) is 46.6 Å². The zero-order chi connectivity index (χ0) is 24.1. The number of esters is 1. The van der Waals surface area contributed by atoms with Gasteiger partial charge in [0, 0.05) is 0 Å². The van der Waals surface area contributed by atoms with Crippen LogP contribution in [0.4, 0.5) is 4.79 Å². The SMILES string of the molecule is C=CCOC(=O)[C@@H](NC(=O)[C@H](COCc1ccccc1)NC(=O)OC(C)(C)C)[C@@H](C)CC. The fourth-order valence-corrected chi connectivity index (χ4v) is 2.66. The maximum Gasteiger partial charge on any atom is 0.408 e. The lowest BCUT2D eigenvalue weighted by Crippen LogP contribution is -2.55. The van der Waals surface area contributed by atoms with E-state index in [4.69, 9.17) is 14.2 Å². The fourth-order valence-electron chi connectivity index (χ4n) is 2.66. The van der Waals surface area contributed by atoms with Gasteiger partial charge in [0.15, 0.2) is 0 Å². The highest BCUT2D eigenvalue weighted by molar-refractivity contribution is 5.90. The number of ether oxygens (including phenoxy) is 3. The lowest BCUT2D eigenvalue weighted by atomic mass is 9.99. The maximum absolute atomic E-state index is 13.0. The van der Waals surface area contributed by atoms with Gasteiger partial charge in [-0.2, -0.15) is 0 Å². The minimum atomic E-state index is -1.06. The fraction of sp³-hybridized carbons (Fsp3) is 0.542. The largest absolute Gasteiger partial charge is 0.460 e. The summed E-state index contributed by atoms with van der Waals surface area (Å²) in [6, 6.07) is 7.51. The van der Waals surface area contributed by atoms with Gasteiger partial charge in [0.1, 0.15) is 24.3 Å². The standard InChI is InChI=1S/C24H36N2O6/c1-7-14-31-22(28)20(17(3)8-2)26-21(27)19(25-23(29)32-24(4,5)6)16-30-15-18-12-10-9-11-13-18/h7,9-13,17,19-20H,1,8,14-16H2,2-6H3,(H,25,29)(H,26,27)/t17-,19-,20-/m0/s1. The summed E-state index contributed by atoms with van der Waals surface area (Å²) in [4.78, 5) is 37.7. The van der Waals surface area contributed by atoms with Crippen molar-refractivity contribution < 1.29 is 28.6 Å². The highest BCUT2D eigenvalue weighted by Crippen LogP contribution is 2.11. The first-order valence-electron chi connectivity index (χ1n) is 10.8. The van der Waals surface area contributed by atoms with Crippen LogP contribution in [0, 0.1) is 5.92 Å². The second-order valence-electron chi connectivity index (χ2n) is 8.49. The summed E-state index contributed by atoms with van der Waals surface area (Å²) < 4.78 is 16.1. The Balaban J connectivity index is 2.90. The van der Waals surface area contributed by atoms with Gasteiger partial charge < -0.3 is 24.8 Å². The first kappa shape index (κ1) is 27.2. The maximum atomic E-state index is 13.0. The molecule has 1 rings (SSSR count). The molecule has 0 unspecified atom stereocenters. The van der Waals surface area contributed by atoms with Gasteiger partial charge in [0.25, 0.3) is 0 Å². The van der Waals surface area contributed by atoms with Gasteiger partial charge in [0.05, 0.1) is 13.2 Å². The number of hydrogen-bond donors (Lipinski definition) is 2. The van der Waals surface area contributed by atoms with Gasteiger partial charge in [-0.25, -0.2) is 9.59 Å². The van der Waals surface area contributed by atoms with Crippen LogP contribution in [0.25, 0.3) is 0 Å². The van der Waals surface area contributed by atoms with Crippen molar-refractivity contribution in [1.82, 2.24) is 10.6 Å². The van der Waals surface area contributed by atoms with Crippen LogP contribution < -0.4 is 10.6 Å². The summed E-state index contributed by atoms with van der Waals surface area (Å²) in [7, 11) is 0. The number of carbonyl (C=O) groups excluding carboxylic acids is 3. The van der Waals surface area contributed by atoms with Crippen molar-refractivity contribution in [3.63, 3.8) is 0 Å². The molecular formula is C24H36N2O6. The average Bonchev–Trinajstić information content (AvgIpc) is 2.73. The van der Waals surface area contributed by atoms with Crippen LogP contribution in [0.5, 0.6) is 0 Å². The molecule has 2 amide bonds. The molecule has 0 aliphatic carbocycles. The number of alkyl carbamates (subject to hydrolysis) is 1. The Morgan fingerprint density at radius 1 is 1.12 bits per heavy atom. The van der Waals surface area contributed by atoms with Crippen molar-refractivity contribution >= 4 is 18.0 Å². The Morgan fingerprint density at radius 2 is 1.78 bits per heavy atom. The quantitative estimate of drug-likeness (QED) is 0.375. The first-order chi connectivity index (χ1) is 15.1. The molecule has 178 valence electrons. The van der Waals surface area contributed by atoms with E-state index in [9.17, 15) is 14.4 Å². The monoisotopic (exact) mass is 448 g/mol. The summed E-state index contributed by atoms with van der Waals surface area (Å²) in [6.07, 6.45) is 1.34. The minimum Gasteiger partial charge on any atom is -0.460 e. The number of hydrogen-bond acceptors (Lipinski definition) is 6. The van der Waals surface area contributed by atoms with Gasteiger partial charge in [-0.1, -0.05) is 63.3 Å². The molecule has 8 heteroatoms. The Hall–Kier alpha value is -2.87. The van der Waals surface area contributed by atoms with Crippen molar-refractivity contribution in [2.75, 3.05) is 13.2 Å². The first-order valence-corrected chi connectivity index (χ1v) is 10.8. The molecule has 1 aromatic carbocycles. The van der Waals surface area contributed by atoms with Gasteiger partial charge in [-0.3, -0.25) is 4.79 Å². The Kier molecular flexibility index (Phi) is 11.5. The van der Waals surface area contributed by atoms with E-state index in [1.165, 1.54) is 6.08 Å². The van der Waals surface area contributed by atoms with E-state index >= 15 is 0 Å². The molecule has 0 heterocycles. The van der Waals surface area contributed by atoms with E-state index in [1.807, 2.05) is 44.2 Å². The minimum absolute atomic E-state index is 0.0431. The molecule has 0 fully saturated rings. The highest BCUT2D eigenvalue weighted by atomic mass is 16.6. The molecule has 0 aromatic heterocycles. The summed E-state index contributed by atoms with van der Waals surface area (Å²) in [5.74, 6) is -1.30. The van der Waals surface area contributed by atoms with Crippen molar-refractivity contribution in [2.24, 2.45) is 5.92 Å². The van der Waals surface area contributed by atoms with Crippen LogP contribution in [-0.2, 0) is 30.4 Å². The van der Waals surface area contributed by atoms with Crippen molar-refractivity contribution in [1.29, 1.82) is 0 Å². The number of nitrogens with one attached hydrogen (secondary N) is 2. The number of rotatable bonds is 12. The molecule has 0 radical (unpaired) electrons. The Bertz CT molecular complexity index is 745. The highest BCUT2D eigenvalue weighted by Gasteiger charge is 2.31. The predicted molar refractivity (Wildman–Crippen MR) is 122 cm³/mol. The number of benzene rings is 1. The predicted octanol–water partition coefficient (Wildman–Crippen LogP) is 3.36. The summed E-state index contributed by atoms with van der Waals surface area (Å²) in [5, 5.41) is 5.23. The molecule has 0 bridgehead atoms. The van der Waals surface area contributed by atoms with Crippen molar-refractivity contribution in [3.8, 4) is 0 Å². The number of carbonyl (C=O) groups is 3. The van der Waals surface area contributed by atoms with Gasteiger partial charge in [0.2, 0.25) is 5.91 Å². The van der Waals surface area contributed by atoms with Gasteiger partial charge in [-0.15, -0.1) is 0 Å². The van der Waals surface area contributed by atoms with Gasteiger partial charge in [-0.05, 0) is 32.3 Å². The number of amides is 2. The molecule has 0 saturated heterocycles. The summed E-state index contributed by atoms with van der Waals surface area (Å²) >= 11 is 0. The molecule has 0 aliphatic rings. The molecular weight excluding hydrogens is 412 g/mol. The lowest BCUT2D eigenvalue weighted by molar-refractivity contribution is -0.148. The summed E-state index contributed by atoms with van der Waals surface area (Å²) in [5.41, 5.74) is 0.193. The average molecular weight is 449 g/mol. The molecule has 1 aromatic rings. The molecule has 3 atom stereocenters. The lowest BCUT2D eigenvalue weighted by Gasteiger charge is -2.26. The normalized spacial score (nSPS) is 13.9. The van der Waals surface area contributed by atoms with E-state index in [0.29, 0.717) is 6.42 Å². The molecule has 0 aliphatic heterocycles. The van der Waals surface area contributed by atoms with Crippen LogP contribution in [-0.4, -0.2) is 48.9 Å². The third-order valence-electron chi connectivity index (χ3n) is 4.51. The van der Waals surface area contributed by atoms with E-state index in [0.717, 1.165) is 5.56 Å².